The summed E-state index contributed by atoms with van der Waals surface area (Å²) in [5.41, 5.74) is -2.38. The van der Waals surface area contributed by atoms with Crippen molar-refractivity contribution in [2.45, 2.75) is 12.7 Å². The minimum Gasteiger partial charge on any atom is -0.495 e. The van der Waals surface area contributed by atoms with E-state index in [1.54, 1.807) is 6.07 Å². The van der Waals surface area contributed by atoms with Crippen LogP contribution >= 0.6 is 11.6 Å². The van der Waals surface area contributed by atoms with Crippen LogP contribution < -0.4 is 15.6 Å². The van der Waals surface area contributed by atoms with Gasteiger partial charge in [-0.3, -0.25) is 9.59 Å². The van der Waals surface area contributed by atoms with Gasteiger partial charge in [-0.15, -0.1) is 0 Å². The summed E-state index contributed by atoms with van der Waals surface area (Å²) in [7, 11) is 1.39. The quantitative estimate of drug-likeness (QED) is 0.911. The van der Waals surface area contributed by atoms with Crippen LogP contribution in [0.3, 0.4) is 0 Å². The molecule has 1 amide bonds. The standard InChI is InChI=1S/C15H12ClF3N2O3/c1-24-12-5-4-9(16)7-11(12)20-13(22)8-21-6-2-3-10(14(21)23)15(17,18)19/h2-7H,8H2,1H3,(H,20,22). The molecule has 1 N–H and O–H groups in total. The van der Waals surface area contributed by atoms with E-state index in [4.69, 9.17) is 16.3 Å². The molecule has 1 aromatic carbocycles. The first kappa shape index (κ1) is 17.9. The van der Waals surface area contributed by atoms with Gasteiger partial charge in [0.15, 0.2) is 0 Å². The first-order valence-corrected chi connectivity index (χ1v) is 7.00. The molecule has 9 heteroatoms. The second kappa shape index (κ2) is 6.96. The lowest BCUT2D eigenvalue weighted by atomic mass is 10.2. The Labute approximate surface area is 139 Å². The molecule has 0 aliphatic carbocycles. The van der Waals surface area contributed by atoms with E-state index < -0.39 is 29.8 Å². The van der Waals surface area contributed by atoms with Gasteiger partial charge in [-0.05, 0) is 30.3 Å². The number of aromatic nitrogens is 1. The maximum absolute atomic E-state index is 12.7. The highest BCUT2D eigenvalue weighted by molar-refractivity contribution is 6.31. The zero-order chi connectivity index (χ0) is 17.9. The van der Waals surface area contributed by atoms with Crippen LogP contribution in [0.1, 0.15) is 5.56 Å². The normalized spacial score (nSPS) is 11.2. The van der Waals surface area contributed by atoms with E-state index in [1.807, 2.05) is 0 Å². The molecule has 24 heavy (non-hydrogen) atoms. The van der Waals surface area contributed by atoms with Crippen LogP contribution in [0.15, 0.2) is 41.3 Å². The van der Waals surface area contributed by atoms with E-state index in [1.165, 1.54) is 19.2 Å². The topological polar surface area (TPSA) is 60.3 Å². The highest BCUT2D eigenvalue weighted by Crippen LogP contribution is 2.28. The van der Waals surface area contributed by atoms with Gasteiger partial charge >= 0.3 is 6.18 Å². The van der Waals surface area contributed by atoms with Gasteiger partial charge in [0.1, 0.15) is 17.9 Å². The summed E-state index contributed by atoms with van der Waals surface area (Å²) in [5, 5.41) is 2.78. The number of halogens is 4. The van der Waals surface area contributed by atoms with Gasteiger partial charge in [-0.1, -0.05) is 11.6 Å². The SMILES string of the molecule is COc1ccc(Cl)cc1NC(=O)Cn1cccc(C(F)(F)F)c1=O. The molecular weight excluding hydrogens is 349 g/mol. The zero-order valence-corrected chi connectivity index (χ0v) is 13.1. The van der Waals surface area contributed by atoms with Crippen molar-refractivity contribution in [1.82, 2.24) is 4.57 Å². The first-order valence-electron chi connectivity index (χ1n) is 6.62. The minimum atomic E-state index is -4.78. The van der Waals surface area contributed by atoms with Gasteiger partial charge in [0, 0.05) is 11.2 Å². The van der Waals surface area contributed by atoms with Crippen LogP contribution in [0.4, 0.5) is 18.9 Å². The van der Waals surface area contributed by atoms with Crippen molar-refractivity contribution in [3.05, 3.63) is 57.5 Å². The Balaban J connectivity index is 2.23. The molecule has 1 aromatic heterocycles. The molecule has 0 spiro atoms. The van der Waals surface area contributed by atoms with E-state index in [0.29, 0.717) is 21.4 Å². The first-order chi connectivity index (χ1) is 11.2. The number of rotatable bonds is 4. The third kappa shape index (κ3) is 4.08. The fourth-order valence-corrected chi connectivity index (χ4v) is 2.17. The lowest BCUT2D eigenvalue weighted by molar-refractivity contribution is -0.139. The van der Waals surface area contributed by atoms with Crippen molar-refractivity contribution in [3.8, 4) is 5.75 Å². The largest absolute Gasteiger partial charge is 0.495 e. The van der Waals surface area contributed by atoms with Crippen LogP contribution in [0.5, 0.6) is 5.75 Å². The van der Waals surface area contributed by atoms with Crippen LogP contribution in [0.2, 0.25) is 5.02 Å². The van der Waals surface area contributed by atoms with Crippen molar-refractivity contribution in [2.75, 3.05) is 12.4 Å². The second-order valence-corrected chi connectivity index (χ2v) is 5.18. The van der Waals surface area contributed by atoms with Crippen molar-refractivity contribution in [1.29, 1.82) is 0 Å². The van der Waals surface area contributed by atoms with Crippen LogP contribution in [0, 0.1) is 0 Å². The molecule has 0 atom stereocenters. The highest BCUT2D eigenvalue weighted by atomic mass is 35.5. The molecule has 0 radical (unpaired) electrons. The molecule has 128 valence electrons. The molecule has 0 saturated heterocycles. The van der Waals surface area contributed by atoms with Crippen molar-refractivity contribution < 1.29 is 22.7 Å². The Kier molecular flexibility index (Phi) is 5.18. The number of carbonyl (C=O) groups is 1. The lowest BCUT2D eigenvalue weighted by Gasteiger charge is -2.12. The molecule has 0 fully saturated rings. The van der Waals surface area contributed by atoms with E-state index in [0.717, 1.165) is 12.3 Å². The number of ether oxygens (including phenoxy) is 1. The number of nitrogens with one attached hydrogen (secondary N) is 1. The lowest BCUT2D eigenvalue weighted by Crippen LogP contribution is -2.32. The van der Waals surface area contributed by atoms with Crippen LogP contribution in [-0.2, 0) is 17.5 Å². The molecule has 0 aliphatic heterocycles. The average molecular weight is 361 g/mol. The Hall–Kier alpha value is -2.48. The summed E-state index contributed by atoms with van der Waals surface area (Å²) in [6, 6.07) is 6.21. The summed E-state index contributed by atoms with van der Waals surface area (Å²) < 4.78 is 43.9. The molecule has 2 aromatic rings. The molecule has 0 unspecified atom stereocenters. The predicted octanol–water partition coefficient (Wildman–Crippen LogP) is 3.17. The van der Waals surface area contributed by atoms with Gasteiger partial charge in [0.05, 0.1) is 12.8 Å². The van der Waals surface area contributed by atoms with Crippen molar-refractivity contribution in [2.24, 2.45) is 0 Å². The Morgan fingerprint density at radius 1 is 1.33 bits per heavy atom. The molecule has 0 aliphatic rings. The average Bonchev–Trinajstić information content (AvgIpc) is 2.48. The fraction of sp³-hybridized carbons (Fsp3) is 0.200. The highest BCUT2D eigenvalue weighted by Gasteiger charge is 2.34. The number of alkyl halides is 3. The van der Waals surface area contributed by atoms with E-state index in [-0.39, 0.29) is 5.69 Å². The summed E-state index contributed by atoms with van der Waals surface area (Å²) in [6.07, 6.45) is -3.68. The number of carbonyl (C=O) groups excluding carboxylic acids is 1. The Morgan fingerprint density at radius 2 is 2.04 bits per heavy atom. The summed E-state index contributed by atoms with van der Waals surface area (Å²) in [6.45, 7) is -0.585. The maximum Gasteiger partial charge on any atom is 0.421 e. The monoisotopic (exact) mass is 360 g/mol. The molecule has 2 rings (SSSR count). The number of benzene rings is 1. The Morgan fingerprint density at radius 3 is 2.67 bits per heavy atom. The van der Waals surface area contributed by atoms with Gasteiger partial charge in [0.25, 0.3) is 5.56 Å². The van der Waals surface area contributed by atoms with E-state index >= 15 is 0 Å². The van der Waals surface area contributed by atoms with Gasteiger partial charge in [0.2, 0.25) is 5.91 Å². The zero-order valence-electron chi connectivity index (χ0n) is 12.4. The molecule has 5 nitrogen and oxygen atoms in total. The van der Waals surface area contributed by atoms with Crippen molar-refractivity contribution in [3.63, 3.8) is 0 Å². The number of methoxy groups -OCH3 is 1. The van der Waals surface area contributed by atoms with E-state index in [2.05, 4.69) is 5.32 Å². The Bertz CT molecular complexity index is 818. The van der Waals surface area contributed by atoms with Gasteiger partial charge in [-0.2, -0.15) is 13.2 Å². The number of amides is 1. The van der Waals surface area contributed by atoms with E-state index in [9.17, 15) is 22.8 Å². The molecular formula is C15H12ClF3N2O3. The summed E-state index contributed by atoms with van der Waals surface area (Å²) >= 11 is 5.83. The molecule has 0 bridgehead atoms. The molecule has 1 heterocycles. The summed E-state index contributed by atoms with van der Waals surface area (Å²) in [4.78, 5) is 23.8. The van der Waals surface area contributed by atoms with Crippen molar-refractivity contribution >= 4 is 23.2 Å². The van der Waals surface area contributed by atoms with Gasteiger partial charge in [-0.25, -0.2) is 0 Å². The fourth-order valence-electron chi connectivity index (χ4n) is 2.00. The number of nitrogens with zero attached hydrogens (tertiary/aromatic N) is 1. The smallest absolute Gasteiger partial charge is 0.421 e. The molecule has 0 saturated carbocycles. The van der Waals surface area contributed by atoms with Crippen LogP contribution in [0.25, 0.3) is 0 Å². The third-order valence-electron chi connectivity index (χ3n) is 3.08. The number of anilines is 1. The third-order valence-corrected chi connectivity index (χ3v) is 3.31. The summed E-state index contributed by atoms with van der Waals surface area (Å²) in [5.74, 6) is -0.374. The number of hydrogen-bond donors (Lipinski definition) is 1. The predicted molar refractivity (Wildman–Crippen MR) is 82.3 cm³/mol. The van der Waals surface area contributed by atoms with Gasteiger partial charge < -0.3 is 14.6 Å². The van der Waals surface area contributed by atoms with Crippen LogP contribution in [-0.4, -0.2) is 17.6 Å². The minimum absolute atomic E-state index is 0.245. The number of hydrogen-bond acceptors (Lipinski definition) is 3. The second-order valence-electron chi connectivity index (χ2n) is 4.75. The number of pyridine rings is 1. The maximum atomic E-state index is 12.7.